The van der Waals surface area contributed by atoms with Crippen LogP contribution >= 0.6 is 0 Å². The molecule has 14 heavy (non-hydrogen) atoms. The Morgan fingerprint density at radius 3 is 3.00 bits per heavy atom. The Morgan fingerprint density at radius 2 is 2.29 bits per heavy atom. The van der Waals surface area contributed by atoms with Crippen LogP contribution in [0, 0.1) is 0 Å². The van der Waals surface area contributed by atoms with Crippen molar-refractivity contribution >= 4 is 17.0 Å². The third-order valence-corrected chi connectivity index (χ3v) is 1.91. The van der Waals surface area contributed by atoms with Crippen molar-refractivity contribution in [2.45, 2.75) is 0 Å². The number of benzene rings is 1. The first-order valence-corrected chi connectivity index (χ1v) is 4.05. The molecule has 0 saturated heterocycles. The summed E-state index contributed by atoms with van der Waals surface area (Å²) in [5.74, 6) is -0.732. The van der Waals surface area contributed by atoms with Gasteiger partial charge in [-0.2, -0.15) is 0 Å². The van der Waals surface area contributed by atoms with Crippen molar-refractivity contribution < 1.29 is 9.21 Å². The lowest BCUT2D eigenvalue weighted by Crippen LogP contribution is -2.17. The Kier molecular flexibility index (Phi) is 1.85. The van der Waals surface area contributed by atoms with E-state index >= 15 is 0 Å². The van der Waals surface area contributed by atoms with Crippen molar-refractivity contribution in [1.82, 2.24) is 10.3 Å². The van der Waals surface area contributed by atoms with Crippen LogP contribution in [0.5, 0.6) is 0 Å². The second-order valence-electron chi connectivity index (χ2n) is 2.80. The molecular formula is C9H8N2O3. The Labute approximate surface area is 78.7 Å². The first-order valence-electron chi connectivity index (χ1n) is 4.05. The van der Waals surface area contributed by atoms with Crippen molar-refractivity contribution in [3.05, 3.63) is 34.3 Å². The van der Waals surface area contributed by atoms with E-state index in [2.05, 4.69) is 10.3 Å². The average molecular weight is 192 g/mol. The quantitative estimate of drug-likeness (QED) is 0.690. The van der Waals surface area contributed by atoms with Crippen molar-refractivity contribution in [2.75, 3.05) is 7.05 Å². The first kappa shape index (κ1) is 8.55. The van der Waals surface area contributed by atoms with Gasteiger partial charge in [0.2, 0.25) is 0 Å². The predicted molar refractivity (Wildman–Crippen MR) is 50.2 cm³/mol. The standard InChI is InChI=1S/C9H8N2O3/c1-10-8(12)5-2-3-6-7(4-5)14-9(13)11-6/h2-4H,1H3,(H,10,12)(H,11,13). The maximum absolute atomic E-state index is 11.2. The zero-order valence-electron chi connectivity index (χ0n) is 7.46. The lowest BCUT2D eigenvalue weighted by molar-refractivity contribution is 0.0963. The van der Waals surface area contributed by atoms with E-state index in [0.29, 0.717) is 16.7 Å². The zero-order valence-corrected chi connectivity index (χ0v) is 7.46. The molecule has 1 aromatic heterocycles. The van der Waals surface area contributed by atoms with Crippen molar-refractivity contribution in [3.8, 4) is 0 Å². The fraction of sp³-hybridized carbons (Fsp3) is 0.111. The lowest BCUT2D eigenvalue weighted by atomic mass is 10.2. The average Bonchev–Trinajstić information content (AvgIpc) is 2.55. The number of carbonyl (C=O) groups excluding carboxylic acids is 1. The summed E-state index contributed by atoms with van der Waals surface area (Å²) < 4.78 is 4.81. The third-order valence-electron chi connectivity index (χ3n) is 1.91. The van der Waals surface area contributed by atoms with Gasteiger partial charge in [-0.05, 0) is 18.2 Å². The molecule has 1 amide bonds. The van der Waals surface area contributed by atoms with Crippen molar-refractivity contribution in [1.29, 1.82) is 0 Å². The summed E-state index contributed by atoms with van der Waals surface area (Å²) in [6, 6.07) is 4.77. The number of carbonyl (C=O) groups is 1. The number of nitrogens with one attached hydrogen (secondary N) is 2. The van der Waals surface area contributed by atoms with Gasteiger partial charge in [0, 0.05) is 12.6 Å². The van der Waals surface area contributed by atoms with Crippen LogP contribution in [0.4, 0.5) is 0 Å². The van der Waals surface area contributed by atoms with Crippen molar-refractivity contribution in [2.24, 2.45) is 0 Å². The number of H-pyrrole nitrogens is 1. The van der Waals surface area contributed by atoms with Gasteiger partial charge in [-0.3, -0.25) is 9.78 Å². The van der Waals surface area contributed by atoms with Gasteiger partial charge in [-0.1, -0.05) is 0 Å². The Morgan fingerprint density at radius 1 is 1.50 bits per heavy atom. The van der Waals surface area contributed by atoms with Crippen LogP contribution in [-0.4, -0.2) is 17.9 Å². The van der Waals surface area contributed by atoms with E-state index in [4.69, 9.17) is 4.42 Å². The Balaban J connectivity index is 2.61. The minimum Gasteiger partial charge on any atom is -0.408 e. The van der Waals surface area contributed by atoms with E-state index in [1.807, 2.05) is 0 Å². The summed E-state index contributed by atoms with van der Waals surface area (Å²) in [6.45, 7) is 0. The van der Waals surface area contributed by atoms with Crippen LogP contribution in [0.1, 0.15) is 10.4 Å². The highest BCUT2D eigenvalue weighted by Crippen LogP contribution is 2.11. The van der Waals surface area contributed by atoms with Gasteiger partial charge in [0.1, 0.15) is 0 Å². The third kappa shape index (κ3) is 1.28. The van der Waals surface area contributed by atoms with Crippen LogP contribution in [0.25, 0.3) is 11.1 Å². The summed E-state index contributed by atoms with van der Waals surface area (Å²) in [5, 5.41) is 2.48. The molecule has 0 radical (unpaired) electrons. The van der Waals surface area contributed by atoms with E-state index < -0.39 is 5.76 Å². The molecule has 0 unspecified atom stereocenters. The molecule has 0 aliphatic heterocycles. The summed E-state index contributed by atoms with van der Waals surface area (Å²) >= 11 is 0. The zero-order chi connectivity index (χ0) is 10.1. The molecule has 0 atom stereocenters. The molecule has 0 aliphatic rings. The van der Waals surface area contributed by atoms with Crippen LogP contribution in [0.3, 0.4) is 0 Å². The number of aromatic amines is 1. The number of rotatable bonds is 1. The molecule has 2 N–H and O–H groups in total. The number of hydrogen-bond donors (Lipinski definition) is 2. The summed E-state index contributed by atoms with van der Waals surface area (Å²) in [7, 11) is 1.54. The molecule has 1 heterocycles. The fourth-order valence-corrected chi connectivity index (χ4v) is 1.23. The molecule has 0 fully saturated rings. The van der Waals surface area contributed by atoms with Crippen LogP contribution < -0.4 is 11.1 Å². The highest BCUT2D eigenvalue weighted by molar-refractivity contribution is 5.96. The van der Waals surface area contributed by atoms with E-state index in [-0.39, 0.29) is 5.91 Å². The summed E-state index contributed by atoms with van der Waals surface area (Å²) in [5.41, 5.74) is 1.43. The second kappa shape index (κ2) is 3.02. The largest absolute Gasteiger partial charge is 0.417 e. The van der Waals surface area contributed by atoms with Crippen LogP contribution in [-0.2, 0) is 0 Å². The molecule has 72 valence electrons. The Bertz CT molecular complexity index is 538. The van der Waals surface area contributed by atoms with Crippen LogP contribution in [0.2, 0.25) is 0 Å². The fourth-order valence-electron chi connectivity index (χ4n) is 1.23. The monoisotopic (exact) mass is 192 g/mol. The molecule has 5 nitrogen and oxygen atoms in total. The molecule has 2 rings (SSSR count). The number of fused-ring (bicyclic) bond motifs is 1. The molecule has 2 aromatic rings. The van der Waals surface area contributed by atoms with E-state index in [0.717, 1.165) is 0 Å². The molecule has 0 saturated carbocycles. The topological polar surface area (TPSA) is 75.1 Å². The minimum absolute atomic E-state index is 0.212. The number of hydrogen-bond acceptors (Lipinski definition) is 3. The molecule has 5 heteroatoms. The molecule has 0 bridgehead atoms. The normalized spacial score (nSPS) is 10.4. The van der Waals surface area contributed by atoms with Gasteiger partial charge in [-0.15, -0.1) is 0 Å². The van der Waals surface area contributed by atoms with E-state index in [1.54, 1.807) is 19.2 Å². The Hall–Kier alpha value is -2.04. The summed E-state index contributed by atoms with van der Waals surface area (Å²) in [6.07, 6.45) is 0. The predicted octanol–water partition coefficient (Wildman–Crippen LogP) is 0.481. The molecule has 0 aliphatic carbocycles. The minimum atomic E-state index is -0.519. The van der Waals surface area contributed by atoms with E-state index in [9.17, 15) is 9.59 Å². The lowest BCUT2D eigenvalue weighted by Gasteiger charge is -1.97. The first-order chi connectivity index (χ1) is 6.70. The van der Waals surface area contributed by atoms with Crippen molar-refractivity contribution in [3.63, 3.8) is 0 Å². The van der Waals surface area contributed by atoms with Gasteiger partial charge in [0.15, 0.2) is 5.58 Å². The van der Waals surface area contributed by atoms with Crippen LogP contribution in [0.15, 0.2) is 27.4 Å². The maximum atomic E-state index is 11.2. The van der Waals surface area contributed by atoms with Gasteiger partial charge in [0.05, 0.1) is 5.52 Å². The molecule has 1 aromatic carbocycles. The van der Waals surface area contributed by atoms with Gasteiger partial charge in [0.25, 0.3) is 5.91 Å². The van der Waals surface area contributed by atoms with Gasteiger partial charge < -0.3 is 9.73 Å². The second-order valence-corrected chi connectivity index (χ2v) is 2.80. The van der Waals surface area contributed by atoms with Gasteiger partial charge in [-0.25, -0.2) is 4.79 Å². The number of oxazole rings is 1. The number of aromatic nitrogens is 1. The SMILES string of the molecule is CNC(=O)c1ccc2[nH]c(=O)oc2c1. The number of amides is 1. The highest BCUT2D eigenvalue weighted by atomic mass is 16.4. The maximum Gasteiger partial charge on any atom is 0.417 e. The van der Waals surface area contributed by atoms with E-state index in [1.165, 1.54) is 6.07 Å². The summed E-state index contributed by atoms with van der Waals surface area (Å²) in [4.78, 5) is 24.5. The van der Waals surface area contributed by atoms with Gasteiger partial charge >= 0.3 is 5.76 Å². The highest BCUT2D eigenvalue weighted by Gasteiger charge is 2.06. The molecular weight excluding hydrogens is 184 g/mol. The molecule has 0 spiro atoms. The smallest absolute Gasteiger partial charge is 0.408 e.